The number of aryl methyl sites for hydroxylation is 1. The van der Waals surface area contributed by atoms with Crippen LogP contribution < -0.4 is 10.1 Å². The van der Waals surface area contributed by atoms with E-state index in [1.807, 2.05) is 39.1 Å². The fraction of sp³-hybridized carbons (Fsp3) is 0.571. The fourth-order valence-corrected chi connectivity index (χ4v) is 2.53. The summed E-state index contributed by atoms with van der Waals surface area (Å²) in [4.78, 5) is 0. The van der Waals surface area contributed by atoms with Crippen molar-refractivity contribution in [2.75, 3.05) is 13.7 Å². The molecule has 1 saturated carbocycles. The van der Waals surface area contributed by atoms with Crippen molar-refractivity contribution >= 4 is 11.6 Å². The highest BCUT2D eigenvalue weighted by Gasteiger charge is 2.42. The first-order valence-electron chi connectivity index (χ1n) is 6.37. The number of hydrogen-bond donors (Lipinski definition) is 1. The number of hydrogen-bond acceptors (Lipinski definition) is 3. The molecule has 0 saturated heterocycles. The van der Waals surface area contributed by atoms with E-state index in [0.717, 1.165) is 22.8 Å². The largest absolute Gasteiger partial charge is 0.487 e. The maximum absolute atomic E-state index is 6.01. The second kappa shape index (κ2) is 5.91. The van der Waals surface area contributed by atoms with E-state index in [1.54, 1.807) is 0 Å². The first-order chi connectivity index (χ1) is 8.65. The summed E-state index contributed by atoms with van der Waals surface area (Å²) in [7, 11) is 1.96. The van der Waals surface area contributed by atoms with Crippen LogP contribution in [0.3, 0.4) is 0 Å². The van der Waals surface area contributed by atoms with Gasteiger partial charge in [0.2, 0.25) is 0 Å². The molecule has 2 rings (SSSR count). The van der Waals surface area contributed by atoms with Crippen LogP contribution in [-0.2, 0) is 4.74 Å². The van der Waals surface area contributed by atoms with Crippen LogP contribution in [0, 0.1) is 6.92 Å². The van der Waals surface area contributed by atoms with E-state index in [9.17, 15) is 0 Å². The number of likely N-dealkylation sites (N-methyl/N-ethyl adjacent to an activating group) is 1. The Labute approximate surface area is 113 Å². The lowest BCUT2D eigenvalue weighted by atomic mass is 9.85. The molecule has 100 valence electrons. The number of nitrogens with one attached hydrogen (secondary N) is 1. The van der Waals surface area contributed by atoms with Crippen molar-refractivity contribution in [3.05, 3.63) is 28.8 Å². The lowest BCUT2D eigenvalue weighted by Crippen LogP contribution is -2.60. The van der Waals surface area contributed by atoms with E-state index in [2.05, 4.69) is 5.32 Å². The Morgan fingerprint density at radius 1 is 1.44 bits per heavy atom. The van der Waals surface area contributed by atoms with E-state index in [4.69, 9.17) is 21.1 Å². The average molecular weight is 270 g/mol. The molecule has 0 aromatic heterocycles. The predicted molar refractivity (Wildman–Crippen MR) is 73.5 cm³/mol. The summed E-state index contributed by atoms with van der Waals surface area (Å²) in [6, 6.07) is 6.09. The van der Waals surface area contributed by atoms with Crippen LogP contribution in [0.1, 0.15) is 18.9 Å². The molecule has 0 heterocycles. The van der Waals surface area contributed by atoms with Gasteiger partial charge < -0.3 is 14.8 Å². The zero-order chi connectivity index (χ0) is 13.1. The van der Waals surface area contributed by atoms with Gasteiger partial charge in [-0.25, -0.2) is 0 Å². The van der Waals surface area contributed by atoms with Gasteiger partial charge in [0.05, 0.1) is 0 Å². The first-order valence-corrected chi connectivity index (χ1v) is 6.75. The molecule has 1 fully saturated rings. The van der Waals surface area contributed by atoms with Crippen molar-refractivity contribution in [3.8, 4) is 5.75 Å². The molecule has 0 spiro atoms. The van der Waals surface area contributed by atoms with Crippen molar-refractivity contribution < 1.29 is 9.47 Å². The maximum Gasteiger partial charge on any atom is 0.128 e. The highest BCUT2D eigenvalue weighted by atomic mass is 35.5. The molecule has 0 aliphatic heterocycles. The molecule has 1 aromatic rings. The van der Waals surface area contributed by atoms with Crippen LogP contribution in [0.2, 0.25) is 5.02 Å². The summed E-state index contributed by atoms with van der Waals surface area (Å²) in [6.07, 6.45) is 1.24. The van der Waals surface area contributed by atoms with E-state index in [-0.39, 0.29) is 12.2 Å². The molecule has 3 nitrogen and oxygen atoms in total. The molecule has 0 bridgehead atoms. The van der Waals surface area contributed by atoms with Gasteiger partial charge in [-0.05, 0) is 44.7 Å². The zero-order valence-corrected chi connectivity index (χ0v) is 11.8. The van der Waals surface area contributed by atoms with Gasteiger partial charge in [0, 0.05) is 24.1 Å². The first kappa shape index (κ1) is 13.7. The molecule has 0 radical (unpaired) electrons. The molecule has 3 atom stereocenters. The fourth-order valence-electron chi connectivity index (χ4n) is 2.30. The molecule has 1 aromatic carbocycles. The van der Waals surface area contributed by atoms with Crippen molar-refractivity contribution in [2.45, 2.75) is 38.5 Å². The summed E-state index contributed by atoms with van der Waals surface area (Å²) in [5, 5.41) is 3.99. The number of ether oxygens (including phenoxy) is 2. The van der Waals surface area contributed by atoms with E-state index in [0.29, 0.717) is 12.6 Å². The Morgan fingerprint density at radius 3 is 2.83 bits per heavy atom. The zero-order valence-electron chi connectivity index (χ0n) is 11.1. The third-order valence-electron chi connectivity index (χ3n) is 3.39. The third kappa shape index (κ3) is 2.79. The predicted octanol–water partition coefficient (Wildman–Crippen LogP) is 2.79. The number of rotatable bonds is 5. The molecule has 18 heavy (non-hydrogen) atoms. The lowest BCUT2D eigenvalue weighted by molar-refractivity contribution is -0.103. The van der Waals surface area contributed by atoms with Crippen molar-refractivity contribution in [1.29, 1.82) is 0 Å². The van der Waals surface area contributed by atoms with Gasteiger partial charge in [0.25, 0.3) is 0 Å². The summed E-state index contributed by atoms with van der Waals surface area (Å²) in [6.45, 7) is 4.73. The third-order valence-corrected chi connectivity index (χ3v) is 3.63. The van der Waals surface area contributed by atoms with Crippen molar-refractivity contribution in [2.24, 2.45) is 0 Å². The molecule has 1 aliphatic rings. The van der Waals surface area contributed by atoms with Crippen LogP contribution in [0.25, 0.3) is 0 Å². The molecule has 4 heteroatoms. The van der Waals surface area contributed by atoms with Crippen molar-refractivity contribution in [3.63, 3.8) is 0 Å². The Bertz CT molecular complexity index is 411. The minimum Gasteiger partial charge on any atom is -0.487 e. The molecular weight excluding hydrogens is 250 g/mol. The monoisotopic (exact) mass is 269 g/mol. The Hall–Kier alpha value is -0.770. The van der Waals surface area contributed by atoms with Gasteiger partial charge in [-0.3, -0.25) is 0 Å². The number of benzene rings is 1. The van der Waals surface area contributed by atoms with Gasteiger partial charge in [0.15, 0.2) is 0 Å². The molecular formula is C14H20ClNO2. The summed E-state index contributed by atoms with van der Waals surface area (Å²) in [5.41, 5.74) is 1.06. The maximum atomic E-state index is 6.01. The van der Waals surface area contributed by atoms with Crippen LogP contribution in [0.4, 0.5) is 0 Å². The van der Waals surface area contributed by atoms with E-state index >= 15 is 0 Å². The quantitative estimate of drug-likeness (QED) is 0.892. The normalized spacial score (nSPS) is 26.8. The average Bonchev–Trinajstić information content (AvgIpc) is 2.33. The second-order valence-corrected chi connectivity index (χ2v) is 5.05. The van der Waals surface area contributed by atoms with Crippen LogP contribution in [0.15, 0.2) is 18.2 Å². The van der Waals surface area contributed by atoms with Gasteiger partial charge in [0.1, 0.15) is 18.0 Å². The van der Waals surface area contributed by atoms with Crippen LogP contribution >= 0.6 is 11.6 Å². The standard InChI is InChI=1S/C14H20ClNO2/c1-4-17-14-11(16-3)8-13(14)18-12-6-5-10(15)7-9(12)2/h5-7,11,13-14,16H,4,8H2,1-3H3. The number of halogens is 1. The smallest absolute Gasteiger partial charge is 0.128 e. The van der Waals surface area contributed by atoms with Gasteiger partial charge in [-0.1, -0.05) is 11.6 Å². The highest BCUT2D eigenvalue weighted by Crippen LogP contribution is 2.31. The van der Waals surface area contributed by atoms with Gasteiger partial charge in [-0.15, -0.1) is 0 Å². The minimum atomic E-state index is 0.127. The Morgan fingerprint density at radius 2 is 2.22 bits per heavy atom. The van der Waals surface area contributed by atoms with Crippen LogP contribution in [0.5, 0.6) is 5.75 Å². The van der Waals surface area contributed by atoms with Crippen LogP contribution in [-0.4, -0.2) is 31.9 Å². The summed E-state index contributed by atoms with van der Waals surface area (Å²) in [5.74, 6) is 0.892. The van der Waals surface area contributed by atoms with E-state index in [1.165, 1.54) is 0 Å². The summed E-state index contributed by atoms with van der Waals surface area (Å²) >= 11 is 5.94. The van der Waals surface area contributed by atoms with Crippen molar-refractivity contribution in [1.82, 2.24) is 5.32 Å². The summed E-state index contributed by atoms with van der Waals surface area (Å²) < 4.78 is 11.7. The Kier molecular flexibility index (Phi) is 4.49. The SMILES string of the molecule is CCOC1C(NC)CC1Oc1ccc(Cl)cc1C. The lowest BCUT2D eigenvalue weighted by Gasteiger charge is -2.43. The molecule has 0 amide bonds. The minimum absolute atomic E-state index is 0.127. The molecule has 3 unspecified atom stereocenters. The highest BCUT2D eigenvalue weighted by molar-refractivity contribution is 6.30. The molecule has 1 aliphatic carbocycles. The molecule has 1 N–H and O–H groups in total. The van der Waals surface area contributed by atoms with Gasteiger partial charge >= 0.3 is 0 Å². The second-order valence-electron chi connectivity index (χ2n) is 4.62. The Balaban J connectivity index is 2.01. The topological polar surface area (TPSA) is 30.5 Å². The van der Waals surface area contributed by atoms with E-state index < -0.39 is 0 Å². The van der Waals surface area contributed by atoms with Gasteiger partial charge in [-0.2, -0.15) is 0 Å².